The van der Waals surface area contributed by atoms with E-state index in [4.69, 9.17) is 4.98 Å². The van der Waals surface area contributed by atoms with E-state index < -0.39 is 0 Å². The molecule has 0 spiro atoms. The molecule has 0 bridgehead atoms. The van der Waals surface area contributed by atoms with Crippen molar-refractivity contribution in [1.29, 1.82) is 0 Å². The summed E-state index contributed by atoms with van der Waals surface area (Å²) in [6.45, 7) is 4.00. The molecule has 2 fully saturated rings. The molecule has 10 heteroatoms. The number of hydrogen-bond acceptors (Lipinski definition) is 9. The van der Waals surface area contributed by atoms with Crippen LogP contribution in [0.5, 0.6) is 0 Å². The highest BCUT2D eigenvalue weighted by Crippen LogP contribution is 2.37. The van der Waals surface area contributed by atoms with E-state index in [2.05, 4.69) is 46.3 Å². The van der Waals surface area contributed by atoms with Crippen molar-refractivity contribution < 1.29 is 5.11 Å². The summed E-state index contributed by atoms with van der Waals surface area (Å²) in [5, 5.41) is 27.1. The molecule has 6 rings (SSSR count). The zero-order valence-electron chi connectivity index (χ0n) is 20.6. The summed E-state index contributed by atoms with van der Waals surface area (Å²) in [7, 11) is 0. The molecule has 1 aliphatic heterocycles. The molecule has 0 aromatic carbocycles. The van der Waals surface area contributed by atoms with E-state index >= 15 is 0 Å². The standard InChI is InChI=1S/C26H33N9O/c1-17(16-36)29-18-9-12-34(13-10-18)24-7-6-23(32-33-24)30-26-28-14-21-20-8-11-27-15-22(20)35(25(21)31-26)19-4-2-3-5-19/h6-8,11,14-15,17-19,29,36H,2-5,9-10,12-13,16H2,1H3,(H,28,30,31,32)/t17-/m0/s1. The first-order valence-electron chi connectivity index (χ1n) is 13.0. The number of nitrogens with one attached hydrogen (secondary N) is 2. The number of rotatable bonds is 7. The van der Waals surface area contributed by atoms with Crippen LogP contribution in [-0.4, -0.2) is 66.6 Å². The molecular weight excluding hydrogens is 454 g/mol. The third kappa shape index (κ3) is 4.46. The zero-order chi connectivity index (χ0) is 24.5. The lowest BCUT2D eigenvalue weighted by Gasteiger charge is -2.34. The van der Waals surface area contributed by atoms with Gasteiger partial charge in [0.2, 0.25) is 5.95 Å². The number of anilines is 3. The van der Waals surface area contributed by atoms with Crippen LogP contribution in [0, 0.1) is 0 Å². The maximum Gasteiger partial charge on any atom is 0.230 e. The van der Waals surface area contributed by atoms with Crippen LogP contribution in [0.2, 0.25) is 0 Å². The lowest BCUT2D eigenvalue weighted by molar-refractivity contribution is 0.233. The molecule has 1 saturated heterocycles. The van der Waals surface area contributed by atoms with Crippen LogP contribution in [0.25, 0.3) is 21.9 Å². The van der Waals surface area contributed by atoms with Gasteiger partial charge in [-0.3, -0.25) is 4.98 Å². The van der Waals surface area contributed by atoms with E-state index in [1.165, 1.54) is 25.7 Å². The number of nitrogens with zero attached hydrogens (tertiary/aromatic N) is 7. The summed E-state index contributed by atoms with van der Waals surface area (Å²) in [4.78, 5) is 16.1. The molecule has 0 amide bonds. The summed E-state index contributed by atoms with van der Waals surface area (Å²) < 4.78 is 2.35. The first kappa shape index (κ1) is 23.1. The molecule has 10 nitrogen and oxygen atoms in total. The molecule has 36 heavy (non-hydrogen) atoms. The van der Waals surface area contributed by atoms with Gasteiger partial charge in [0.05, 0.1) is 18.3 Å². The Morgan fingerprint density at radius 1 is 1.03 bits per heavy atom. The summed E-state index contributed by atoms with van der Waals surface area (Å²) in [5.74, 6) is 2.01. The van der Waals surface area contributed by atoms with Crippen LogP contribution in [-0.2, 0) is 0 Å². The van der Waals surface area contributed by atoms with E-state index in [1.54, 1.807) is 0 Å². The Morgan fingerprint density at radius 3 is 2.61 bits per heavy atom. The van der Waals surface area contributed by atoms with Crippen molar-refractivity contribution in [1.82, 2.24) is 35.0 Å². The summed E-state index contributed by atoms with van der Waals surface area (Å²) in [6.07, 6.45) is 12.5. The Balaban J connectivity index is 1.19. The van der Waals surface area contributed by atoms with E-state index in [-0.39, 0.29) is 12.6 Å². The van der Waals surface area contributed by atoms with Gasteiger partial charge in [-0.25, -0.2) is 4.98 Å². The van der Waals surface area contributed by atoms with Crippen molar-refractivity contribution in [3.8, 4) is 0 Å². The second-order valence-corrected chi connectivity index (χ2v) is 10.0. The van der Waals surface area contributed by atoms with E-state index in [1.807, 2.05) is 37.6 Å². The zero-order valence-corrected chi connectivity index (χ0v) is 20.6. The minimum Gasteiger partial charge on any atom is -0.395 e. The summed E-state index contributed by atoms with van der Waals surface area (Å²) in [6, 6.07) is 6.99. The van der Waals surface area contributed by atoms with Crippen molar-refractivity contribution >= 4 is 39.5 Å². The van der Waals surface area contributed by atoms with Crippen molar-refractivity contribution in [2.75, 3.05) is 29.9 Å². The van der Waals surface area contributed by atoms with Crippen LogP contribution in [0.3, 0.4) is 0 Å². The molecule has 4 aromatic rings. The fourth-order valence-corrected chi connectivity index (χ4v) is 5.66. The van der Waals surface area contributed by atoms with Crippen LogP contribution in [0.1, 0.15) is 51.5 Å². The van der Waals surface area contributed by atoms with Crippen LogP contribution in [0.4, 0.5) is 17.6 Å². The number of piperidine rings is 1. The number of hydrogen-bond donors (Lipinski definition) is 3. The number of fused-ring (bicyclic) bond motifs is 3. The Bertz CT molecular complexity index is 1320. The van der Waals surface area contributed by atoms with Crippen molar-refractivity contribution in [3.63, 3.8) is 0 Å². The quantitative estimate of drug-likeness (QED) is 0.360. The molecule has 0 unspecified atom stereocenters. The topological polar surface area (TPSA) is 117 Å². The van der Waals surface area contributed by atoms with Crippen LogP contribution >= 0.6 is 0 Å². The SMILES string of the molecule is C[C@@H](CO)NC1CCN(c2ccc(Nc3ncc4c5ccncc5n(C5CCCC5)c4n3)nn2)CC1. The molecule has 1 saturated carbocycles. The lowest BCUT2D eigenvalue weighted by Crippen LogP contribution is -2.46. The number of aromatic nitrogens is 6. The lowest BCUT2D eigenvalue weighted by atomic mass is 10.0. The largest absolute Gasteiger partial charge is 0.395 e. The smallest absolute Gasteiger partial charge is 0.230 e. The maximum absolute atomic E-state index is 9.27. The van der Waals surface area contributed by atoms with Crippen LogP contribution < -0.4 is 15.5 Å². The summed E-state index contributed by atoms with van der Waals surface area (Å²) in [5.41, 5.74) is 2.07. The van der Waals surface area contributed by atoms with Gasteiger partial charge in [-0.05, 0) is 50.8 Å². The molecule has 0 radical (unpaired) electrons. The first-order chi connectivity index (χ1) is 17.7. The molecular formula is C26H33N9O. The average Bonchev–Trinajstić information content (AvgIpc) is 3.55. The van der Waals surface area contributed by atoms with Gasteiger partial charge in [0.15, 0.2) is 11.6 Å². The molecule has 1 atom stereocenters. The number of aliphatic hydroxyl groups is 1. The van der Waals surface area contributed by atoms with Gasteiger partial charge in [-0.15, -0.1) is 10.2 Å². The third-order valence-corrected chi connectivity index (χ3v) is 7.54. The van der Waals surface area contributed by atoms with E-state index in [9.17, 15) is 5.11 Å². The van der Waals surface area contributed by atoms with Crippen LogP contribution in [0.15, 0.2) is 36.8 Å². The summed E-state index contributed by atoms with van der Waals surface area (Å²) >= 11 is 0. The van der Waals surface area contributed by atoms with Crippen molar-refractivity contribution in [2.24, 2.45) is 0 Å². The van der Waals surface area contributed by atoms with Gasteiger partial charge < -0.3 is 25.2 Å². The first-order valence-corrected chi connectivity index (χ1v) is 13.0. The van der Waals surface area contributed by atoms with Gasteiger partial charge in [0.25, 0.3) is 0 Å². The highest BCUT2D eigenvalue weighted by atomic mass is 16.3. The molecule has 188 valence electrons. The van der Waals surface area contributed by atoms with Gasteiger partial charge in [0.1, 0.15) is 5.65 Å². The van der Waals surface area contributed by atoms with Gasteiger partial charge in [-0.2, -0.15) is 4.98 Å². The Hall–Kier alpha value is -3.37. The molecule has 3 N–H and O–H groups in total. The molecule has 4 aromatic heterocycles. The number of pyridine rings is 1. The fraction of sp³-hybridized carbons (Fsp3) is 0.500. The second kappa shape index (κ2) is 9.94. The van der Waals surface area contributed by atoms with Gasteiger partial charge in [-0.1, -0.05) is 12.8 Å². The monoisotopic (exact) mass is 487 g/mol. The maximum atomic E-state index is 9.27. The minimum absolute atomic E-state index is 0.129. The normalized spacial score (nSPS) is 18.3. The average molecular weight is 488 g/mol. The molecule has 5 heterocycles. The van der Waals surface area contributed by atoms with Gasteiger partial charge in [0, 0.05) is 54.4 Å². The number of aliphatic hydroxyl groups excluding tert-OH is 1. The Morgan fingerprint density at radius 2 is 1.86 bits per heavy atom. The minimum atomic E-state index is 0.129. The predicted molar refractivity (Wildman–Crippen MR) is 141 cm³/mol. The predicted octanol–water partition coefficient (Wildman–Crippen LogP) is 3.57. The fourth-order valence-electron chi connectivity index (χ4n) is 5.66. The van der Waals surface area contributed by atoms with Gasteiger partial charge >= 0.3 is 0 Å². The molecule has 2 aliphatic rings. The Kier molecular flexibility index (Phi) is 6.37. The Labute approximate surface area is 210 Å². The van der Waals surface area contributed by atoms with Crippen molar-refractivity contribution in [3.05, 3.63) is 36.8 Å². The van der Waals surface area contributed by atoms with E-state index in [0.717, 1.165) is 53.7 Å². The second-order valence-electron chi connectivity index (χ2n) is 10.0. The third-order valence-electron chi connectivity index (χ3n) is 7.54. The molecule has 1 aliphatic carbocycles. The highest BCUT2D eigenvalue weighted by Gasteiger charge is 2.24. The highest BCUT2D eigenvalue weighted by molar-refractivity contribution is 6.06. The van der Waals surface area contributed by atoms with Crippen molar-refractivity contribution in [2.45, 2.75) is 63.6 Å². The van der Waals surface area contributed by atoms with E-state index in [0.29, 0.717) is 23.8 Å².